The number of rotatable bonds is 7. The monoisotopic (exact) mass is 472 g/mol. The Labute approximate surface area is 191 Å². The van der Waals surface area contributed by atoms with Gasteiger partial charge < -0.3 is 9.26 Å². The van der Waals surface area contributed by atoms with Crippen molar-refractivity contribution in [3.8, 4) is 17.0 Å². The largest absolute Gasteiger partial charge is 0.495 e. The predicted molar refractivity (Wildman–Crippen MR) is 122 cm³/mol. The van der Waals surface area contributed by atoms with Gasteiger partial charge in [0.2, 0.25) is 5.89 Å². The van der Waals surface area contributed by atoms with Gasteiger partial charge in [0, 0.05) is 22.8 Å². The second-order valence-corrected chi connectivity index (χ2v) is 8.64. The topological polar surface area (TPSA) is 90.1 Å². The summed E-state index contributed by atoms with van der Waals surface area (Å²) in [7, 11) is 1.57. The normalized spacial score (nSPS) is 10.8. The Bertz CT molecular complexity index is 1220. The van der Waals surface area contributed by atoms with Crippen molar-refractivity contribution in [2.75, 3.05) is 12.4 Å². The molecular weight excluding hydrogens is 456 g/mol. The molecule has 10 heteroatoms. The molecule has 31 heavy (non-hydrogen) atoms. The molecule has 0 aliphatic heterocycles. The summed E-state index contributed by atoms with van der Waals surface area (Å²) in [6.45, 7) is 1.74. The second kappa shape index (κ2) is 9.51. The van der Waals surface area contributed by atoms with E-state index in [-0.39, 0.29) is 5.91 Å². The third-order valence-electron chi connectivity index (χ3n) is 4.23. The molecule has 0 spiro atoms. The molecule has 158 valence electrons. The fourth-order valence-electron chi connectivity index (χ4n) is 2.78. The molecule has 0 aliphatic carbocycles. The summed E-state index contributed by atoms with van der Waals surface area (Å²) in [6, 6.07) is 12.8. The molecule has 0 atom stereocenters. The average Bonchev–Trinajstić information content (AvgIpc) is 3.41. The lowest BCUT2D eigenvalue weighted by Gasteiger charge is -2.07. The number of hydrogen-bond acceptors (Lipinski definition) is 8. The van der Waals surface area contributed by atoms with Gasteiger partial charge in [0.15, 0.2) is 11.0 Å². The fourth-order valence-corrected chi connectivity index (χ4v) is 4.64. The third kappa shape index (κ3) is 5.07. The Morgan fingerprint density at radius 2 is 2.10 bits per heavy atom. The van der Waals surface area contributed by atoms with Gasteiger partial charge in [-0.1, -0.05) is 28.9 Å². The molecule has 0 radical (unpaired) electrons. The number of halogens is 1. The zero-order valence-electron chi connectivity index (χ0n) is 16.6. The quantitative estimate of drug-likeness (QED) is 0.344. The summed E-state index contributed by atoms with van der Waals surface area (Å²) < 4.78 is 10.2. The van der Waals surface area contributed by atoms with Gasteiger partial charge >= 0.3 is 0 Å². The molecule has 2 heterocycles. The van der Waals surface area contributed by atoms with Crippen molar-refractivity contribution in [2.24, 2.45) is 0 Å². The number of amides is 1. The lowest BCUT2D eigenvalue weighted by atomic mass is 10.2. The summed E-state index contributed by atoms with van der Waals surface area (Å²) in [5.74, 6) is 1.96. The lowest BCUT2D eigenvalue weighted by Crippen LogP contribution is -2.12. The number of aromatic nitrogens is 3. The van der Waals surface area contributed by atoms with Crippen LogP contribution in [0.25, 0.3) is 11.3 Å². The maximum Gasteiger partial charge on any atom is 0.258 e. The van der Waals surface area contributed by atoms with E-state index >= 15 is 0 Å². The van der Waals surface area contributed by atoms with Gasteiger partial charge in [-0.3, -0.25) is 10.1 Å². The van der Waals surface area contributed by atoms with Crippen LogP contribution in [0.2, 0.25) is 5.02 Å². The molecule has 1 amide bonds. The Balaban J connectivity index is 1.47. The van der Waals surface area contributed by atoms with Crippen LogP contribution in [0.5, 0.6) is 5.75 Å². The molecule has 7 nitrogen and oxygen atoms in total. The lowest BCUT2D eigenvalue weighted by molar-refractivity contribution is 0.102. The first kappa shape index (κ1) is 21.4. The number of thiazole rings is 1. The SMILES string of the molecule is COc1ccc(-c2csc(NC(=O)c3ccccc3SCc3noc(C)n3)n2)cc1Cl. The molecule has 0 aliphatic rings. The summed E-state index contributed by atoms with van der Waals surface area (Å²) in [4.78, 5) is 22.4. The van der Waals surface area contributed by atoms with Crippen molar-refractivity contribution in [3.63, 3.8) is 0 Å². The van der Waals surface area contributed by atoms with Crippen molar-refractivity contribution >= 4 is 45.7 Å². The van der Waals surface area contributed by atoms with E-state index in [2.05, 4.69) is 20.4 Å². The van der Waals surface area contributed by atoms with Crippen molar-refractivity contribution in [1.82, 2.24) is 15.1 Å². The number of nitrogens with zero attached hydrogens (tertiary/aromatic N) is 3. The van der Waals surface area contributed by atoms with Crippen LogP contribution in [0.15, 0.2) is 57.3 Å². The number of anilines is 1. The standard InChI is InChI=1S/C21H17ClN4O3S2/c1-12-23-19(26-29-12)11-30-18-6-4-3-5-14(18)20(27)25-21-24-16(10-31-21)13-7-8-17(28-2)15(22)9-13/h3-10H,11H2,1-2H3,(H,24,25,27). The van der Waals surface area contributed by atoms with E-state index in [9.17, 15) is 4.79 Å². The van der Waals surface area contributed by atoms with Crippen molar-refractivity contribution < 1.29 is 14.1 Å². The number of thioether (sulfide) groups is 1. The van der Waals surface area contributed by atoms with Crippen LogP contribution in [-0.2, 0) is 5.75 Å². The van der Waals surface area contributed by atoms with Gasteiger partial charge in [-0.25, -0.2) is 4.98 Å². The molecule has 4 aromatic rings. The van der Waals surface area contributed by atoms with Crippen LogP contribution in [0.1, 0.15) is 22.1 Å². The molecule has 0 saturated carbocycles. The zero-order chi connectivity index (χ0) is 21.8. The smallest absolute Gasteiger partial charge is 0.258 e. The molecule has 2 aromatic carbocycles. The van der Waals surface area contributed by atoms with Crippen LogP contribution in [0, 0.1) is 6.92 Å². The predicted octanol–water partition coefficient (Wildman–Crippen LogP) is 5.71. The molecule has 0 unspecified atom stereocenters. The summed E-state index contributed by atoms with van der Waals surface area (Å²) >= 11 is 9.02. The van der Waals surface area contributed by atoms with Crippen LogP contribution in [-0.4, -0.2) is 28.1 Å². The van der Waals surface area contributed by atoms with E-state index in [0.29, 0.717) is 38.9 Å². The number of carbonyl (C=O) groups is 1. The van der Waals surface area contributed by atoms with Gasteiger partial charge in [-0.2, -0.15) is 4.98 Å². The third-order valence-corrected chi connectivity index (χ3v) is 6.35. The molecule has 2 aromatic heterocycles. The van der Waals surface area contributed by atoms with Gasteiger partial charge in [0.1, 0.15) is 5.75 Å². The molecular formula is C21H17ClN4O3S2. The van der Waals surface area contributed by atoms with Gasteiger partial charge in [-0.05, 0) is 30.3 Å². The van der Waals surface area contributed by atoms with Crippen LogP contribution >= 0.6 is 34.7 Å². The second-order valence-electron chi connectivity index (χ2n) is 6.36. The van der Waals surface area contributed by atoms with E-state index in [4.69, 9.17) is 20.9 Å². The van der Waals surface area contributed by atoms with E-state index in [1.165, 1.54) is 23.1 Å². The summed E-state index contributed by atoms with van der Waals surface area (Å²) in [5.41, 5.74) is 2.12. The first-order valence-corrected chi connectivity index (χ1v) is 11.4. The number of nitrogens with one attached hydrogen (secondary N) is 1. The minimum Gasteiger partial charge on any atom is -0.495 e. The van der Waals surface area contributed by atoms with Crippen molar-refractivity contribution in [2.45, 2.75) is 17.6 Å². The fraction of sp³-hybridized carbons (Fsp3) is 0.143. The highest BCUT2D eigenvalue weighted by molar-refractivity contribution is 7.98. The first-order valence-electron chi connectivity index (χ1n) is 9.15. The number of methoxy groups -OCH3 is 1. The zero-order valence-corrected chi connectivity index (χ0v) is 19.0. The maximum atomic E-state index is 12.9. The Hall–Kier alpha value is -2.88. The van der Waals surface area contributed by atoms with E-state index in [1.54, 1.807) is 32.2 Å². The highest BCUT2D eigenvalue weighted by Gasteiger charge is 2.15. The number of hydrogen-bond donors (Lipinski definition) is 1. The van der Waals surface area contributed by atoms with E-state index < -0.39 is 0 Å². The van der Waals surface area contributed by atoms with Gasteiger partial charge in [0.05, 0.1) is 29.1 Å². The molecule has 0 bridgehead atoms. The van der Waals surface area contributed by atoms with E-state index in [1.807, 2.05) is 29.6 Å². The van der Waals surface area contributed by atoms with Crippen molar-refractivity contribution in [3.05, 3.63) is 70.1 Å². The summed E-state index contributed by atoms with van der Waals surface area (Å²) in [6.07, 6.45) is 0. The Morgan fingerprint density at radius 1 is 1.26 bits per heavy atom. The number of ether oxygens (including phenoxy) is 1. The highest BCUT2D eigenvalue weighted by Crippen LogP contribution is 2.32. The first-order chi connectivity index (χ1) is 15.0. The number of benzene rings is 2. The summed E-state index contributed by atoms with van der Waals surface area (Å²) in [5, 5.41) is 9.63. The van der Waals surface area contributed by atoms with Gasteiger partial charge in [0.25, 0.3) is 5.91 Å². The highest BCUT2D eigenvalue weighted by atomic mass is 35.5. The molecule has 0 saturated heterocycles. The van der Waals surface area contributed by atoms with E-state index in [0.717, 1.165) is 16.2 Å². The van der Waals surface area contributed by atoms with Gasteiger partial charge in [-0.15, -0.1) is 23.1 Å². The number of carbonyl (C=O) groups excluding carboxylic acids is 1. The number of aryl methyl sites for hydroxylation is 1. The van der Waals surface area contributed by atoms with Crippen LogP contribution in [0.4, 0.5) is 5.13 Å². The maximum absolute atomic E-state index is 12.9. The minimum absolute atomic E-state index is 0.235. The Morgan fingerprint density at radius 3 is 2.84 bits per heavy atom. The Kier molecular flexibility index (Phi) is 6.55. The molecule has 4 rings (SSSR count). The van der Waals surface area contributed by atoms with Crippen molar-refractivity contribution in [1.29, 1.82) is 0 Å². The molecule has 1 N–H and O–H groups in total. The average molecular weight is 473 g/mol. The minimum atomic E-state index is -0.235. The van der Waals surface area contributed by atoms with Crippen LogP contribution < -0.4 is 10.1 Å². The van der Waals surface area contributed by atoms with Crippen LogP contribution in [0.3, 0.4) is 0 Å². The molecule has 0 fully saturated rings.